The van der Waals surface area contributed by atoms with Gasteiger partial charge in [0.2, 0.25) is 11.7 Å². The molecule has 3 aromatic rings. The van der Waals surface area contributed by atoms with Gasteiger partial charge in [0.25, 0.3) is 5.56 Å². The predicted molar refractivity (Wildman–Crippen MR) is 90.7 cm³/mol. The Morgan fingerprint density at radius 3 is 2.71 bits per heavy atom. The van der Waals surface area contributed by atoms with Gasteiger partial charge in [-0.2, -0.15) is 9.50 Å². The normalized spacial score (nSPS) is 10.9. The molecule has 24 heavy (non-hydrogen) atoms. The van der Waals surface area contributed by atoms with E-state index in [9.17, 15) is 9.59 Å². The van der Waals surface area contributed by atoms with Crippen molar-refractivity contribution in [2.45, 2.75) is 26.8 Å². The van der Waals surface area contributed by atoms with E-state index in [4.69, 9.17) is 0 Å². The first-order valence-electron chi connectivity index (χ1n) is 7.89. The van der Waals surface area contributed by atoms with Crippen molar-refractivity contribution in [1.82, 2.24) is 24.5 Å². The van der Waals surface area contributed by atoms with Crippen LogP contribution in [0, 0.1) is 6.92 Å². The van der Waals surface area contributed by atoms with E-state index < -0.39 is 0 Å². The second kappa shape index (κ2) is 6.66. The molecular formula is C17H19N5O2. The molecule has 1 N–H and O–H groups in total. The fourth-order valence-electron chi connectivity index (χ4n) is 2.47. The van der Waals surface area contributed by atoms with Crippen LogP contribution in [-0.4, -0.2) is 31.6 Å². The van der Waals surface area contributed by atoms with Crippen molar-refractivity contribution in [3.8, 4) is 11.4 Å². The zero-order chi connectivity index (χ0) is 17.1. The standard InChI is InChI=1S/C17H19N5O2/c1-3-9-18-14(23)11-21-12(2)10-15(24)22-17(21)19-16(20-22)13-7-5-4-6-8-13/h4-8,10H,3,9,11H2,1-2H3,(H,18,23). The van der Waals surface area contributed by atoms with Crippen LogP contribution >= 0.6 is 0 Å². The van der Waals surface area contributed by atoms with Gasteiger partial charge in [-0.1, -0.05) is 37.3 Å². The summed E-state index contributed by atoms with van der Waals surface area (Å²) in [7, 11) is 0. The molecule has 124 valence electrons. The second-order valence-electron chi connectivity index (χ2n) is 5.57. The molecule has 0 aliphatic rings. The lowest BCUT2D eigenvalue weighted by atomic mass is 10.2. The highest BCUT2D eigenvalue weighted by atomic mass is 16.2. The van der Waals surface area contributed by atoms with E-state index >= 15 is 0 Å². The monoisotopic (exact) mass is 325 g/mol. The van der Waals surface area contributed by atoms with Crippen molar-refractivity contribution in [1.29, 1.82) is 0 Å². The van der Waals surface area contributed by atoms with Crippen LogP contribution in [0.15, 0.2) is 41.2 Å². The lowest BCUT2D eigenvalue weighted by Gasteiger charge is -2.11. The average Bonchev–Trinajstić information content (AvgIpc) is 3.03. The fraction of sp³-hybridized carbons (Fsp3) is 0.294. The van der Waals surface area contributed by atoms with E-state index in [-0.39, 0.29) is 18.0 Å². The molecule has 3 rings (SSSR count). The van der Waals surface area contributed by atoms with E-state index in [1.807, 2.05) is 37.3 Å². The fourth-order valence-corrected chi connectivity index (χ4v) is 2.47. The third-order valence-electron chi connectivity index (χ3n) is 3.70. The number of carbonyl (C=O) groups excluding carboxylic acids is 1. The Morgan fingerprint density at radius 1 is 1.25 bits per heavy atom. The second-order valence-corrected chi connectivity index (χ2v) is 5.57. The molecule has 2 aromatic heterocycles. The number of aromatic nitrogens is 4. The van der Waals surface area contributed by atoms with Crippen LogP contribution in [0.3, 0.4) is 0 Å². The highest BCUT2D eigenvalue weighted by Gasteiger charge is 2.15. The van der Waals surface area contributed by atoms with Gasteiger partial charge in [-0.3, -0.25) is 9.59 Å². The maximum atomic E-state index is 12.2. The molecule has 0 spiro atoms. The average molecular weight is 325 g/mol. The Balaban J connectivity index is 2.07. The van der Waals surface area contributed by atoms with Gasteiger partial charge >= 0.3 is 0 Å². The zero-order valence-electron chi connectivity index (χ0n) is 13.7. The Labute approximate surface area is 139 Å². The van der Waals surface area contributed by atoms with E-state index in [0.29, 0.717) is 23.8 Å². The van der Waals surface area contributed by atoms with E-state index in [1.54, 1.807) is 11.5 Å². The maximum Gasteiger partial charge on any atom is 0.275 e. The number of nitrogens with one attached hydrogen (secondary N) is 1. The SMILES string of the molecule is CCCNC(=O)Cn1c(C)cc(=O)n2nc(-c3ccccc3)nc12. The van der Waals surface area contributed by atoms with Crippen molar-refractivity contribution in [3.63, 3.8) is 0 Å². The summed E-state index contributed by atoms with van der Waals surface area (Å²) in [6.45, 7) is 4.50. The number of carbonyl (C=O) groups is 1. The smallest absolute Gasteiger partial charge is 0.275 e. The highest BCUT2D eigenvalue weighted by molar-refractivity contribution is 5.76. The molecule has 7 nitrogen and oxygen atoms in total. The van der Waals surface area contributed by atoms with Crippen LogP contribution < -0.4 is 10.9 Å². The van der Waals surface area contributed by atoms with Gasteiger partial charge in [0.1, 0.15) is 6.54 Å². The van der Waals surface area contributed by atoms with Gasteiger partial charge < -0.3 is 9.88 Å². The zero-order valence-corrected chi connectivity index (χ0v) is 13.7. The third-order valence-corrected chi connectivity index (χ3v) is 3.70. The Kier molecular flexibility index (Phi) is 4.41. The van der Waals surface area contributed by atoms with Crippen molar-refractivity contribution >= 4 is 11.7 Å². The molecule has 0 saturated heterocycles. The van der Waals surface area contributed by atoms with Crippen LogP contribution in [0.1, 0.15) is 19.0 Å². The van der Waals surface area contributed by atoms with Gasteiger partial charge in [0.05, 0.1) is 0 Å². The van der Waals surface area contributed by atoms with Crippen LogP contribution in [0.25, 0.3) is 17.2 Å². The van der Waals surface area contributed by atoms with Crippen molar-refractivity contribution in [2.24, 2.45) is 0 Å². The van der Waals surface area contributed by atoms with Crippen LogP contribution in [0.4, 0.5) is 0 Å². The number of nitrogens with zero attached hydrogens (tertiary/aromatic N) is 4. The van der Waals surface area contributed by atoms with Crippen LogP contribution in [0.2, 0.25) is 0 Å². The molecule has 0 saturated carbocycles. The summed E-state index contributed by atoms with van der Waals surface area (Å²) >= 11 is 0. The quantitative estimate of drug-likeness (QED) is 0.769. The van der Waals surface area contributed by atoms with Crippen molar-refractivity contribution in [2.75, 3.05) is 6.54 Å². The summed E-state index contributed by atoms with van der Waals surface area (Å²) in [6, 6.07) is 10.9. The van der Waals surface area contributed by atoms with Crippen LogP contribution in [0.5, 0.6) is 0 Å². The molecule has 0 bridgehead atoms. The largest absolute Gasteiger partial charge is 0.355 e. The Morgan fingerprint density at radius 2 is 2.00 bits per heavy atom. The summed E-state index contributed by atoms with van der Waals surface area (Å²) in [5, 5.41) is 7.12. The molecule has 7 heteroatoms. The molecule has 0 aliphatic heterocycles. The Bertz CT molecular complexity index is 927. The summed E-state index contributed by atoms with van der Waals surface area (Å²) in [6.07, 6.45) is 0.868. The predicted octanol–water partition coefficient (Wildman–Crippen LogP) is 1.39. The van der Waals surface area contributed by atoms with E-state index in [1.165, 1.54) is 10.6 Å². The summed E-state index contributed by atoms with van der Waals surface area (Å²) < 4.78 is 2.94. The molecule has 0 radical (unpaired) electrons. The van der Waals surface area contributed by atoms with Gasteiger partial charge in [0.15, 0.2) is 5.82 Å². The van der Waals surface area contributed by atoms with Gasteiger partial charge in [-0.25, -0.2) is 0 Å². The van der Waals surface area contributed by atoms with Gasteiger partial charge in [-0.15, -0.1) is 5.10 Å². The minimum absolute atomic E-state index is 0.0997. The minimum Gasteiger partial charge on any atom is -0.355 e. The topological polar surface area (TPSA) is 81.3 Å². The summed E-state index contributed by atoms with van der Waals surface area (Å²) in [5.41, 5.74) is 1.23. The van der Waals surface area contributed by atoms with Gasteiger partial charge in [0, 0.05) is 23.9 Å². The molecule has 1 amide bonds. The van der Waals surface area contributed by atoms with Crippen molar-refractivity contribution < 1.29 is 4.79 Å². The van der Waals surface area contributed by atoms with Crippen LogP contribution in [-0.2, 0) is 11.3 Å². The number of hydrogen-bond acceptors (Lipinski definition) is 4. The molecule has 2 heterocycles. The lowest BCUT2D eigenvalue weighted by molar-refractivity contribution is -0.121. The number of benzene rings is 1. The number of rotatable bonds is 5. The highest BCUT2D eigenvalue weighted by Crippen LogP contribution is 2.15. The molecular weight excluding hydrogens is 306 g/mol. The molecule has 0 unspecified atom stereocenters. The molecule has 0 fully saturated rings. The number of aryl methyl sites for hydroxylation is 1. The Hall–Kier alpha value is -2.96. The third kappa shape index (κ3) is 3.05. The maximum absolute atomic E-state index is 12.2. The van der Waals surface area contributed by atoms with Crippen molar-refractivity contribution in [3.05, 3.63) is 52.4 Å². The lowest BCUT2D eigenvalue weighted by Crippen LogP contribution is -2.30. The first-order chi connectivity index (χ1) is 11.6. The van der Waals surface area contributed by atoms with Gasteiger partial charge in [-0.05, 0) is 13.3 Å². The molecule has 1 aromatic carbocycles. The summed E-state index contributed by atoms with van der Waals surface area (Å²) in [4.78, 5) is 28.7. The minimum atomic E-state index is -0.262. The number of amides is 1. The molecule has 0 aliphatic carbocycles. The first-order valence-corrected chi connectivity index (χ1v) is 7.89. The molecule has 0 atom stereocenters. The number of fused-ring (bicyclic) bond motifs is 1. The number of hydrogen-bond donors (Lipinski definition) is 1. The van der Waals surface area contributed by atoms with E-state index in [0.717, 1.165) is 12.0 Å². The van der Waals surface area contributed by atoms with E-state index in [2.05, 4.69) is 15.4 Å². The first kappa shape index (κ1) is 15.9. The summed E-state index contributed by atoms with van der Waals surface area (Å²) in [5.74, 6) is 0.710.